The lowest BCUT2D eigenvalue weighted by atomic mass is 10.1. The number of hydrogen-bond acceptors (Lipinski definition) is 3. The first kappa shape index (κ1) is 11.0. The number of nitrogens with one attached hydrogen (secondary N) is 1. The van der Waals surface area contributed by atoms with Gasteiger partial charge in [-0.2, -0.15) is 0 Å². The van der Waals surface area contributed by atoms with E-state index in [0.29, 0.717) is 6.54 Å². The molecule has 86 valence electrons. The minimum absolute atomic E-state index is 0.107. The summed E-state index contributed by atoms with van der Waals surface area (Å²) in [6, 6.07) is 5.95. The molecule has 2 rings (SSSR count). The number of carbonyl (C=O) groups excluding carboxylic acids is 1. The zero-order valence-corrected chi connectivity index (χ0v) is 9.03. The first-order valence-corrected chi connectivity index (χ1v) is 5.42. The summed E-state index contributed by atoms with van der Waals surface area (Å²) < 4.78 is 5.40. The smallest absolute Gasteiger partial charge is 0.222 e. The number of aliphatic hydroxyl groups is 1. The zero-order chi connectivity index (χ0) is 11.4. The summed E-state index contributed by atoms with van der Waals surface area (Å²) >= 11 is 0. The second kappa shape index (κ2) is 4.99. The van der Waals surface area contributed by atoms with Gasteiger partial charge in [-0.1, -0.05) is 12.1 Å². The van der Waals surface area contributed by atoms with Crippen molar-refractivity contribution >= 4 is 5.91 Å². The van der Waals surface area contributed by atoms with E-state index in [2.05, 4.69) is 11.4 Å². The molecule has 0 saturated carbocycles. The first-order valence-electron chi connectivity index (χ1n) is 5.42. The number of amides is 1. The van der Waals surface area contributed by atoms with Gasteiger partial charge in [-0.15, -0.1) is 0 Å². The Morgan fingerprint density at radius 1 is 1.50 bits per heavy atom. The third-order valence-corrected chi connectivity index (χ3v) is 2.58. The molecule has 0 saturated heterocycles. The van der Waals surface area contributed by atoms with E-state index in [1.54, 1.807) is 0 Å². The Hall–Kier alpha value is -1.55. The van der Waals surface area contributed by atoms with Crippen LogP contribution in [-0.2, 0) is 17.8 Å². The van der Waals surface area contributed by atoms with Gasteiger partial charge in [0.05, 0.1) is 13.2 Å². The van der Waals surface area contributed by atoms with Crippen LogP contribution in [0.15, 0.2) is 18.2 Å². The van der Waals surface area contributed by atoms with Crippen molar-refractivity contribution < 1.29 is 14.6 Å². The minimum atomic E-state index is -0.126. The van der Waals surface area contributed by atoms with E-state index < -0.39 is 0 Å². The van der Waals surface area contributed by atoms with E-state index in [1.165, 1.54) is 5.56 Å². The summed E-state index contributed by atoms with van der Waals surface area (Å²) in [5, 5.41) is 11.3. The van der Waals surface area contributed by atoms with Crippen LogP contribution < -0.4 is 10.1 Å². The predicted octanol–water partition coefficient (Wildman–Crippen LogP) is 0.620. The van der Waals surface area contributed by atoms with Crippen molar-refractivity contribution in [3.63, 3.8) is 0 Å². The van der Waals surface area contributed by atoms with Crippen LogP contribution in [0.1, 0.15) is 17.5 Å². The van der Waals surface area contributed by atoms with Gasteiger partial charge in [0, 0.05) is 19.4 Å². The molecule has 2 N–H and O–H groups in total. The van der Waals surface area contributed by atoms with Crippen LogP contribution in [0.3, 0.4) is 0 Å². The molecule has 16 heavy (non-hydrogen) atoms. The number of aliphatic hydroxyl groups excluding tert-OH is 1. The van der Waals surface area contributed by atoms with Crippen molar-refractivity contribution in [1.82, 2.24) is 5.32 Å². The quantitative estimate of drug-likeness (QED) is 0.783. The standard InChI is InChI=1S/C12H15NO3/c14-5-3-12(15)13-8-9-1-2-11-10(7-9)4-6-16-11/h1-2,7,14H,3-6,8H2,(H,13,15). The van der Waals surface area contributed by atoms with Crippen molar-refractivity contribution in [2.75, 3.05) is 13.2 Å². The van der Waals surface area contributed by atoms with Gasteiger partial charge in [-0.3, -0.25) is 4.79 Å². The van der Waals surface area contributed by atoms with Crippen molar-refractivity contribution in [3.05, 3.63) is 29.3 Å². The van der Waals surface area contributed by atoms with E-state index >= 15 is 0 Å². The van der Waals surface area contributed by atoms with Gasteiger partial charge in [0.25, 0.3) is 0 Å². The molecule has 0 unspecified atom stereocenters. The van der Waals surface area contributed by atoms with Crippen LogP contribution in [0.5, 0.6) is 5.75 Å². The Labute approximate surface area is 94.2 Å². The molecule has 4 nitrogen and oxygen atoms in total. The number of hydrogen-bond donors (Lipinski definition) is 2. The first-order chi connectivity index (χ1) is 7.79. The fraction of sp³-hybridized carbons (Fsp3) is 0.417. The second-order valence-corrected chi connectivity index (χ2v) is 3.79. The van der Waals surface area contributed by atoms with Crippen LogP contribution in [0.2, 0.25) is 0 Å². The third kappa shape index (κ3) is 2.52. The number of benzene rings is 1. The maximum atomic E-state index is 11.2. The second-order valence-electron chi connectivity index (χ2n) is 3.79. The van der Waals surface area contributed by atoms with Gasteiger partial charge in [-0.25, -0.2) is 0 Å². The molecular formula is C12H15NO3. The molecule has 0 aromatic heterocycles. The van der Waals surface area contributed by atoms with E-state index in [4.69, 9.17) is 9.84 Å². The number of ether oxygens (including phenoxy) is 1. The van der Waals surface area contributed by atoms with Gasteiger partial charge in [0.15, 0.2) is 0 Å². The lowest BCUT2D eigenvalue weighted by Crippen LogP contribution is -2.23. The summed E-state index contributed by atoms with van der Waals surface area (Å²) in [5.74, 6) is 0.824. The minimum Gasteiger partial charge on any atom is -0.493 e. The average molecular weight is 221 g/mol. The molecule has 1 aromatic carbocycles. The molecule has 1 aromatic rings. The van der Waals surface area contributed by atoms with Gasteiger partial charge < -0.3 is 15.2 Å². The Bertz CT molecular complexity index is 390. The van der Waals surface area contributed by atoms with Crippen LogP contribution in [0.25, 0.3) is 0 Å². The molecule has 0 bridgehead atoms. The van der Waals surface area contributed by atoms with Crippen molar-refractivity contribution in [1.29, 1.82) is 0 Å². The molecule has 0 fully saturated rings. The molecule has 0 radical (unpaired) electrons. The van der Waals surface area contributed by atoms with E-state index in [9.17, 15) is 4.79 Å². The molecule has 4 heteroatoms. The van der Waals surface area contributed by atoms with Gasteiger partial charge >= 0.3 is 0 Å². The Balaban J connectivity index is 1.93. The molecule has 1 aliphatic rings. The van der Waals surface area contributed by atoms with Crippen molar-refractivity contribution in [2.24, 2.45) is 0 Å². The molecule has 0 atom stereocenters. The SMILES string of the molecule is O=C(CCO)NCc1ccc2c(c1)CCO2. The lowest BCUT2D eigenvalue weighted by Gasteiger charge is -2.06. The van der Waals surface area contributed by atoms with Crippen molar-refractivity contribution in [2.45, 2.75) is 19.4 Å². The third-order valence-electron chi connectivity index (χ3n) is 2.58. The number of fused-ring (bicyclic) bond motifs is 1. The normalized spacial score (nSPS) is 13.1. The predicted molar refractivity (Wildman–Crippen MR) is 59.2 cm³/mol. The summed E-state index contributed by atoms with van der Waals surface area (Å²) in [5.41, 5.74) is 2.27. The summed E-state index contributed by atoms with van der Waals surface area (Å²) in [6.45, 7) is 1.14. The Kier molecular flexibility index (Phi) is 3.41. The van der Waals surface area contributed by atoms with Gasteiger partial charge in [-0.05, 0) is 17.2 Å². The maximum Gasteiger partial charge on any atom is 0.222 e. The summed E-state index contributed by atoms with van der Waals surface area (Å²) in [7, 11) is 0. The molecule has 1 amide bonds. The Morgan fingerprint density at radius 2 is 2.38 bits per heavy atom. The van der Waals surface area contributed by atoms with Crippen LogP contribution >= 0.6 is 0 Å². The fourth-order valence-corrected chi connectivity index (χ4v) is 1.74. The fourth-order valence-electron chi connectivity index (χ4n) is 1.74. The highest BCUT2D eigenvalue weighted by Gasteiger charge is 2.11. The molecule has 1 aliphatic heterocycles. The average Bonchev–Trinajstić information content (AvgIpc) is 2.74. The number of carbonyl (C=O) groups is 1. The van der Waals surface area contributed by atoms with Crippen LogP contribution in [0, 0.1) is 0 Å². The highest BCUT2D eigenvalue weighted by atomic mass is 16.5. The zero-order valence-electron chi connectivity index (χ0n) is 9.03. The lowest BCUT2D eigenvalue weighted by molar-refractivity contribution is -0.121. The van der Waals surface area contributed by atoms with E-state index in [1.807, 2.05) is 12.1 Å². The highest BCUT2D eigenvalue weighted by Crippen LogP contribution is 2.25. The Morgan fingerprint density at radius 3 is 3.19 bits per heavy atom. The number of rotatable bonds is 4. The highest BCUT2D eigenvalue weighted by molar-refractivity contribution is 5.75. The topological polar surface area (TPSA) is 58.6 Å². The maximum absolute atomic E-state index is 11.2. The molecule has 0 spiro atoms. The van der Waals surface area contributed by atoms with E-state index in [-0.39, 0.29) is 18.9 Å². The van der Waals surface area contributed by atoms with Crippen molar-refractivity contribution in [3.8, 4) is 5.75 Å². The summed E-state index contributed by atoms with van der Waals surface area (Å²) in [4.78, 5) is 11.2. The molecule has 1 heterocycles. The van der Waals surface area contributed by atoms with Gasteiger partial charge in [0.1, 0.15) is 5.75 Å². The van der Waals surface area contributed by atoms with Crippen LogP contribution in [0.4, 0.5) is 0 Å². The van der Waals surface area contributed by atoms with Gasteiger partial charge in [0.2, 0.25) is 5.91 Å². The molecule has 0 aliphatic carbocycles. The van der Waals surface area contributed by atoms with Crippen LogP contribution in [-0.4, -0.2) is 24.2 Å². The largest absolute Gasteiger partial charge is 0.493 e. The van der Waals surface area contributed by atoms with E-state index in [0.717, 1.165) is 24.3 Å². The monoisotopic (exact) mass is 221 g/mol. The molecular weight excluding hydrogens is 206 g/mol. The summed E-state index contributed by atoms with van der Waals surface area (Å²) in [6.07, 6.45) is 1.10.